The first-order valence-corrected chi connectivity index (χ1v) is 6.33. The van der Waals surface area contributed by atoms with Crippen molar-refractivity contribution in [1.29, 1.82) is 0 Å². The number of benzene rings is 2. The molecule has 0 radical (unpaired) electrons. The van der Waals surface area contributed by atoms with Crippen LogP contribution in [0.3, 0.4) is 0 Å². The van der Waals surface area contributed by atoms with Crippen molar-refractivity contribution in [3.63, 3.8) is 0 Å². The van der Waals surface area contributed by atoms with Gasteiger partial charge >= 0.3 is 0 Å². The summed E-state index contributed by atoms with van der Waals surface area (Å²) in [5.41, 5.74) is 6.73. The van der Waals surface area contributed by atoms with Gasteiger partial charge in [0.25, 0.3) is 5.91 Å². The van der Waals surface area contributed by atoms with Crippen LogP contribution >= 0.6 is 0 Å². The summed E-state index contributed by atoms with van der Waals surface area (Å²) in [6.45, 7) is 0.264. The SMILES string of the molecule is NC(=O)CN(Cc1ccccc1)C(=O)c1ccccc1. The highest BCUT2D eigenvalue weighted by atomic mass is 16.2. The third-order valence-electron chi connectivity index (χ3n) is 2.87. The Morgan fingerprint density at radius 1 is 0.900 bits per heavy atom. The predicted molar refractivity (Wildman–Crippen MR) is 76.8 cm³/mol. The molecule has 0 aliphatic carbocycles. The number of primary amides is 1. The van der Waals surface area contributed by atoms with E-state index in [1.807, 2.05) is 36.4 Å². The molecule has 0 bridgehead atoms. The molecule has 0 aliphatic rings. The van der Waals surface area contributed by atoms with Crippen LogP contribution < -0.4 is 5.73 Å². The number of hydrogen-bond donors (Lipinski definition) is 1. The molecular weight excluding hydrogens is 252 g/mol. The van der Waals surface area contributed by atoms with Gasteiger partial charge in [-0.25, -0.2) is 0 Å². The number of nitrogens with zero attached hydrogens (tertiary/aromatic N) is 1. The first-order chi connectivity index (χ1) is 9.66. The molecule has 0 aromatic heterocycles. The Hall–Kier alpha value is -2.62. The van der Waals surface area contributed by atoms with E-state index in [1.54, 1.807) is 24.3 Å². The fourth-order valence-corrected chi connectivity index (χ4v) is 1.95. The van der Waals surface area contributed by atoms with Crippen LogP contribution in [0.2, 0.25) is 0 Å². The van der Waals surface area contributed by atoms with E-state index in [1.165, 1.54) is 4.90 Å². The largest absolute Gasteiger partial charge is 0.368 e. The summed E-state index contributed by atoms with van der Waals surface area (Å²) in [5.74, 6) is -0.724. The standard InChI is InChI=1S/C16H16N2O2/c17-15(19)12-18(11-13-7-3-1-4-8-13)16(20)14-9-5-2-6-10-14/h1-10H,11-12H2,(H2,17,19). The van der Waals surface area contributed by atoms with Crippen molar-refractivity contribution in [3.8, 4) is 0 Å². The topological polar surface area (TPSA) is 63.4 Å². The molecule has 0 fully saturated rings. The van der Waals surface area contributed by atoms with Crippen molar-refractivity contribution >= 4 is 11.8 Å². The number of nitrogens with two attached hydrogens (primary N) is 1. The van der Waals surface area contributed by atoms with E-state index in [2.05, 4.69) is 0 Å². The Bertz CT molecular complexity index is 582. The molecule has 4 heteroatoms. The van der Waals surface area contributed by atoms with Crippen LogP contribution in [-0.4, -0.2) is 23.3 Å². The molecule has 2 aromatic carbocycles. The molecule has 2 amide bonds. The Labute approximate surface area is 117 Å². The van der Waals surface area contributed by atoms with Crippen molar-refractivity contribution < 1.29 is 9.59 Å². The average Bonchev–Trinajstić information content (AvgIpc) is 2.47. The summed E-state index contributed by atoms with van der Waals surface area (Å²) in [6.07, 6.45) is 0. The van der Waals surface area contributed by atoms with Gasteiger partial charge in [0, 0.05) is 12.1 Å². The molecule has 0 heterocycles. The lowest BCUT2D eigenvalue weighted by molar-refractivity contribution is -0.118. The molecule has 4 nitrogen and oxygen atoms in total. The van der Waals surface area contributed by atoms with Gasteiger partial charge in [-0.3, -0.25) is 9.59 Å². The minimum absolute atomic E-state index is 0.0946. The lowest BCUT2D eigenvalue weighted by Crippen LogP contribution is -2.37. The third kappa shape index (κ3) is 3.68. The van der Waals surface area contributed by atoms with Crippen molar-refractivity contribution in [2.24, 2.45) is 5.73 Å². The zero-order valence-electron chi connectivity index (χ0n) is 11.0. The maximum Gasteiger partial charge on any atom is 0.254 e. The second-order valence-electron chi connectivity index (χ2n) is 4.48. The minimum Gasteiger partial charge on any atom is -0.368 e. The van der Waals surface area contributed by atoms with Crippen LogP contribution in [0.25, 0.3) is 0 Å². The van der Waals surface area contributed by atoms with E-state index in [0.29, 0.717) is 12.1 Å². The molecule has 2 aromatic rings. The van der Waals surface area contributed by atoms with Crippen molar-refractivity contribution in [3.05, 3.63) is 71.8 Å². The highest BCUT2D eigenvalue weighted by Gasteiger charge is 2.17. The van der Waals surface area contributed by atoms with Crippen LogP contribution in [0, 0.1) is 0 Å². The Morgan fingerprint density at radius 3 is 2.00 bits per heavy atom. The Balaban J connectivity index is 2.19. The summed E-state index contributed by atoms with van der Waals surface area (Å²) >= 11 is 0. The monoisotopic (exact) mass is 268 g/mol. The third-order valence-corrected chi connectivity index (χ3v) is 2.87. The van der Waals surface area contributed by atoms with Crippen LogP contribution in [0.15, 0.2) is 60.7 Å². The van der Waals surface area contributed by atoms with Gasteiger partial charge in [-0.05, 0) is 17.7 Å². The highest BCUT2D eigenvalue weighted by Crippen LogP contribution is 2.09. The molecule has 2 rings (SSSR count). The first-order valence-electron chi connectivity index (χ1n) is 6.33. The van der Waals surface area contributed by atoms with Crippen molar-refractivity contribution in [1.82, 2.24) is 4.90 Å². The Kier molecular flexibility index (Phi) is 4.50. The number of amides is 2. The van der Waals surface area contributed by atoms with E-state index >= 15 is 0 Å². The highest BCUT2D eigenvalue weighted by molar-refractivity contribution is 5.96. The average molecular weight is 268 g/mol. The second kappa shape index (κ2) is 6.52. The van der Waals surface area contributed by atoms with Gasteiger partial charge < -0.3 is 10.6 Å². The molecule has 2 N–H and O–H groups in total. The van der Waals surface area contributed by atoms with Crippen LogP contribution in [0.5, 0.6) is 0 Å². The predicted octanol–water partition coefficient (Wildman–Crippen LogP) is 1.81. The second-order valence-corrected chi connectivity index (χ2v) is 4.48. The summed E-state index contributed by atoms with van der Waals surface area (Å²) in [4.78, 5) is 25.0. The summed E-state index contributed by atoms with van der Waals surface area (Å²) in [5, 5.41) is 0. The van der Waals surface area contributed by atoms with Gasteiger partial charge in [0.15, 0.2) is 0 Å². The van der Waals surface area contributed by atoms with Gasteiger partial charge in [-0.15, -0.1) is 0 Å². The molecule has 0 saturated carbocycles. The zero-order chi connectivity index (χ0) is 14.4. The number of rotatable bonds is 5. The van der Waals surface area contributed by atoms with Gasteiger partial charge in [-0.2, -0.15) is 0 Å². The van der Waals surface area contributed by atoms with Gasteiger partial charge in [0.05, 0.1) is 6.54 Å². The number of carbonyl (C=O) groups is 2. The summed E-state index contributed by atoms with van der Waals surface area (Å²) < 4.78 is 0. The molecule has 0 spiro atoms. The lowest BCUT2D eigenvalue weighted by atomic mass is 10.1. The first kappa shape index (κ1) is 13.8. The summed E-state index contributed by atoms with van der Waals surface area (Å²) in [7, 11) is 0. The van der Waals surface area contributed by atoms with Crippen molar-refractivity contribution in [2.45, 2.75) is 6.54 Å². The quantitative estimate of drug-likeness (QED) is 0.899. The maximum absolute atomic E-state index is 12.4. The molecule has 0 saturated heterocycles. The van der Waals surface area contributed by atoms with E-state index in [4.69, 9.17) is 5.73 Å². The van der Waals surface area contributed by atoms with E-state index in [9.17, 15) is 9.59 Å². The number of hydrogen-bond acceptors (Lipinski definition) is 2. The molecule has 0 aliphatic heterocycles. The molecule has 0 unspecified atom stereocenters. The smallest absolute Gasteiger partial charge is 0.254 e. The normalized spacial score (nSPS) is 10.0. The molecule has 0 atom stereocenters. The lowest BCUT2D eigenvalue weighted by Gasteiger charge is -2.21. The minimum atomic E-state index is -0.523. The molecule has 102 valence electrons. The Morgan fingerprint density at radius 2 is 1.45 bits per heavy atom. The van der Waals surface area contributed by atoms with Gasteiger partial charge in [0.2, 0.25) is 5.91 Å². The number of carbonyl (C=O) groups excluding carboxylic acids is 2. The molecule has 20 heavy (non-hydrogen) atoms. The van der Waals surface area contributed by atoms with E-state index < -0.39 is 5.91 Å². The van der Waals surface area contributed by atoms with Crippen LogP contribution in [0.1, 0.15) is 15.9 Å². The van der Waals surface area contributed by atoms with Crippen LogP contribution in [-0.2, 0) is 11.3 Å². The van der Waals surface area contributed by atoms with Gasteiger partial charge in [-0.1, -0.05) is 48.5 Å². The fourth-order valence-electron chi connectivity index (χ4n) is 1.95. The summed E-state index contributed by atoms with van der Waals surface area (Å²) in [6, 6.07) is 18.4. The maximum atomic E-state index is 12.4. The van der Waals surface area contributed by atoms with Crippen molar-refractivity contribution in [2.75, 3.05) is 6.54 Å². The molecular formula is C16H16N2O2. The zero-order valence-corrected chi connectivity index (χ0v) is 11.0. The van der Waals surface area contributed by atoms with E-state index in [0.717, 1.165) is 5.56 Å². The van der Waals surface area contributed by atoms with Gasteiger partial charge in [0.1, 0.15) is 0 Å². The fraction of sp³-hybridized carbons (Fsp3) is 0.125. The van der Waals surface area contributed by atoms with Crippen LogP contribution in [0.4, 0.5) is 0 Å². The van der Waals surface area contributed by atoms with E-state index in [-0.39, 0.29) is 12.5 Å².